The van der Waals surface area contributed by atoms with Gasteiger partial charge in [-0.1, -0.05) is 60.2 Å². The van der Waals surface area contributed by atoms with Crippen LogP contribution in [0, 0.1) is 6.92 Å². The Bertz CT molecular complexity index is 780. The van der Waals surface area contributed by atoms with Crippen LogP contribution in [0.3, 0.4) is 0 Å². The van der Waals surface area contributed by atoms with Crippen LogP contribution >= 0.6 is 12.4 Å². The molecule has 5 nitrogen and oxygen atoms in total. The number of carbonyl (C=O) groups is 2. The summed E-state index contributed by atoms with van der Waals surface area (Å²) in [4.78, 5) is 26.2. The number of rotatable bonds is 6. The third-order valence-electron chi connectivity index (χ3n) is 5.14. The number of carbonyl (C=O) groups excluding carboxylic acids is 2. The van der Waals surface area contributed by atoms with Crippen molar-refractivity contribution in [1.29, 1.82) is 0 Å². The fourth-order valence-electron chi connectivity index (χ4n) is 3.47. The predicted molar refractivity (Wildman–Crippen MR) is 113 cm³/mol. The molecular formula is C22H28ClN3O2. The first-order chi connectivity index (χ1) is 13.0. The third-order valence-corrected chi connectivity index (χ3v) is 5.14. The smallest absolute Gasteiger partial charge is 0.242 e. The van der Waals surface area contributed by atoms with Crippen LogP contribution in [0.4, 0.5) is 0 Å². The summed E-state index contributed by atoms with van der Waals surface area (Å²) in [6, 6.07) is 18.1. The van der Waals surface area contributed by atoms with Crippen LogP contribution in [0.2, 0.25) is 0 Å². The highest BCUT2D eigenvalue weighted by Gasteiger charge is 2.33. The van der Waals surface area contributed by atoms with Gasteiger partial charge in [0.1, 0.15) is 0 Å². The summed E-state index contributed by atoms with van der Waals surface area (Å²) in [5.41, 5.74) is 9.72. The topological polar surface area (TPSA) is 75.4 Å². The Morgan fingerprint density at radius 2 is 1.75 bits per heavy atom. The number of nitrogens with zero attached hydrogens (tertiary/aromatic N) is 1. The Hall–Kier alpha value is -2.37. The molecule has 1 aliphatic heterocycles. The predicted octanol–water partition coefficient (Wildman–Crippen LogP) is 2.42. The number of likely N-dealkylation sites (tertiary alicyclic amines) is 1. The monoisotopic (exact) mass is 401 g/mol. The molecule has 3 N–H and O–H groups in total. The molecule has 1 fully saturated rings. The van der Waals surface area contributed by atoms with Crippen molar-refractivity contribution in [1.82, 2.24) is 10.2 Å². The van der Waals surface area contributed by atoms with E-state index in [1.165, 1.54) is 5.56 Å². The van der Waals surface area contributed by atoms with Crippen molar-refractivity contribution in [3.8, 4) is 0 Å². The highest BCUT2D eigenvalue weighted by Crippen LogP contribution is 2.26. The van der Waals surface area contributed by atoms with Gasteiger partial charge in [-0.25, -0.2) is 0 Å². The molecule has 0 spiro atoms. The third kappa shape index (κ3) is 5.81. The van der Waals surface area contributed by atoms with E-state index in [4.69, 9.17) is 5.73 Å². The maximum Gasteiger partial charge on any atom is 0.242 e. The van der Waals surface area contributed by atoms with E-state index in [1.807, 2.05) is 61.5 Å². The number of nitrogens with one attached hydrogen (secondary N) is 1. The van der Waals surface area contributed by atoms with Crippen molar-refractivity contribution in [3.05, 3.63) is 71.3 Å². The summed E-state index contributed by atoms with van der Waals surface area (Å²) < 4.78 is 0. The van der Waals surface area contributed by atoms with Crippen molar-refractivity contribution in [2.45, 2.75) is 31.7 Å². The Labute approximate surface area is 172 Å². The zero-order chi connectivity index (χ0) is 19.2. The summed E-state index contributed by atoms with van der Waals surface area (Å²) in [7, 11) is 0. The average molecular weight is 402 g/mol. The molecule has 2 atom stereocenters. The average Bonchev–Trinajstić information content (AvgIpc) is 3.08. The molecule has 2 aromatic carbocycles. The summed E-state index contributed by atoms with van der Waals surface area (Å²) >= 11 is 0. The van der Waals surface area contributed by atoms with Crippen LogP contribution in [0.5, 0.6) is 0 Å². The zero-order valence-electron chi connectivity index (χ0n) is 16.1. The van der Waals surface area contributed by atoms with Gasteiger partial charge in [0.05, 0.1) is 6.54 Å². The lowest BCUT2D eigenvalue weighted by molar-refractivity contribution is -0.132. The Balaban J connectivity index is 0.00000280. The molecule has 2 aromatic rings. The van der Waals surface area contributed by atoms with Crippen LogP contribution in [0.1, 0.15) is 29.0 Å². The number of amides is 2. The van der Waals surface area contributed by atoms with E-state index >= 15 is 0 Å². The minimum absolute atomic E-state index is 0. The molecule has 6 heteroatoms. The van der Waals surface area contributed by atoms with Crippen LogP contribution in [-0.4, -0.2) is 42.4 Å². The van der Waals surface area contributed by atoms with Gasteiger partial charge in [-0.15, -0.1) is 12.4 Å². The van der Waals surface area contributed by atoms with Gasteiger partial charge in [-0.05, 0) is 24.5 Å². The standard InChI is InChI=1S/C22H27N3O2.ClH/c1-16-7-9-17(10-8-16)11-12-21(26)24-13-22(27)25-14-19(20(23)15-25)18-5-3-2-4-6-18;/h2-10,19-20H,11-15,23H2,1H3,(H,24,26);1H/t19-,20+;/m0./s1. The molecular weight excluding hydrogens is 374 g/mol. The molecule has 1 aliphatic rings. The van der Waals surface area contributed by atoms with Gasteiger partial charge in [0.15, 0.2) is 0 Å². The van der Waals surface area contributed by atoms with Gasteiger partial charge >= 0.3 is 0 Å². The summed E-state index contributed by atoms with van der Waals surface area (Å²) in [6.07, 6.45) is 1.05. The van der Waals surface area contributed by atoms with Crippen LogP contribution in [-0.2, 0) is 16.0 Å². The molecule has 3 rings (SSSR count). The molecule has 0 aromatic heterocycles. The van der Waals surface area contributed by atoms with E-state index in [0.717, 1.165) is 11.1 Å². The van der Waals surface area contributed by atoms with Gasteiger partial charge < -0.3 is 16.0 Å². The molecule has 0 aliphatic carbocycles. The summed E-state index contributed by atoms with van der Waals surface area (Å²) in [6.45, 7) is 3.19. The first-order valence-corrected chi connectivity index (χ1v) is 9.43. The Kier molecular flexibility index (Phi) is 8.03. The van der Waals surface area contributed by atoms with E-state index in [1.54, 1.807) is 4.90 Å². The second-order valence-electron chi connectivity index (χ2n) is 7.24. The van der Waals surface area contributed by atoms with Crippen molar-refractivity contribution in [2.75, 3.05) is 19.6 Å². The molecule has 2 amide bonds. The first-order valence-electron chi connectivity index (χ1n) is 9.43. The Morgan fingerprint density at radius 1 is 1.07 bits per heavy atom. The van der Waals surface area contributed by atoms with Crippen molar-refractivity contribution < 1.29 is 9.59 Å². The van der Waals surface area contributed by atoms with E-state index in [9.17, 15) is 9.59 Å². The summed E-state index contributed by atoms with van der Waals surface area (Å²) in [5.74, 6) is -0.0352. The fourth-order valence-corrected chi connectivity index (χ4v) is 3.47. The van der Waals surface area contributed by atoms with Crippen molar-refractivity contribution in [2.24, 2.45) is 5.73 Å². The first kappa shape index (κ1) is 21.9. The second-order valence-corrected chi connectivity index (χ2v) is 7.24. The minimum atomic E-state index is -0.105. The number of halogens is 1. The van der Waals surface area contributed by atoms with Crippen LogP contribution < -0.4 is 11.1 Å². The highest BCUT2D eigenvalue weighted by atomic mass is 35.5. The molecule has 28 heavy (non-hydrogen) atoms. The number of nitrogens with two attached hydrogens (primary N) is 1. The van der Waals surface area contributed by atoms with Crippen molar-refractivity contribution >= 4 is 24.2 Å². The minimum Gasteiger partial charge on any atom is -0.347 e. The molecule has 0 saturated carbocycles. The van der Waals surface area contributed by atoms with Gasteiger partial charge in [0.2, 0.25) is 11.8 Å². The molecule has 1 heterocycles. The normalized spacial score (nSPS) is 18.4. The van der Waals surface area contributed by atoms with E-state index < -0.39 is 0 Å². The van der Waals surface area contributed by atoms with Gasteiger partial charge in [0, 0.05) is 31.5 Å². The lowest BCUT2D eigenvalue weighted by Gasteiger charge is -2.17. The van der Waals surface area contributed by atoms with Crippen LogP contribution in [0.15, 0.2) is 54.6 Å². The maximum atomic E-state index is 12.4. The Morgan fingerprint density at radius 3 is 2.43 bits per heavy atom. The van der Waals surface area contributed by atoms with Crippen LogP contribution in [0.25, 0.3) is 0 Å². The molecule has 0 bridgehead atoms. The van der Waals surface area contributed by atoms with E-state index in [-0.39, 0.29) is 42.7 Å². The summed E-state index contributed by atoms with van der Waals surface area (Å²) in [5, 5.41) is 2.74. The van der Waals surface area contributed by atoms with E-state index in [2.05, 4.69) is 5.32 Å². The molecule has 0 unspecified atom stereocenters. The molecule has 0 radical (unpaired) electrons. The lowest BCUT2D eigenvalue weighted by Crippen LogP contribution is -2.40. The SMILES string of the molecule is Cc1ccc(CCC(=O)NCC(=O)N2C[C@@H](N)[C@H](c3ccccc3)C2)cc1.Cl. The maximum absolute atomic E-state index is 12.4. The van der Waals surface area contributed by atoms with E-state index in [0.29, 0.717) is 25.9 Å². The van der Waals surface area contributed by atoms with Gasteiger partial charge in [-0.2, -0.15) is 0 Å². The molecule has 150 valence electrons. The number of hydrogen-bond donors (Lipinski definition) is 2. The zero-order valence-corrected chi connectivity index (χ0v) is 17.0. The van der Waals surface area contributed by atoms with Gasteiger partial charge in [-0.3, -0.25) is 9.59 Å². The lowest BCUT2D eigenvalue weighted by atomic mass is 9.95. The number of aryl methyl sites for hydroxylation is 2. The molecule has 1 saturated heterocycles. The largest absolute Gasteiger partial charge is 0.347 e. The van der Waals surface area contributed by atoms with Gasteiger partial charge in [0.25, 0.3) is 0 Å². The quantitative estimate of drug-likeness (QED) is 0.780. The second kappa shape index (κ2) is 10.2. The van der Waals surface area contributed by atoms with Crippen molar-refractivity contribution in [3.63, 3.8) is 0 Å². The number of hydrogen-bond acceptors (Lipinski definition) is 3. The highest BCUT2D eigenvalue weighted by molar-refractivity contribution is 5.85. The number of benzene rings is 2. The fraction of sp³-hybridized carbons (Fsp3) is 0.364.